The molecule has 1 N–H and O–H groups in total. The predicted molar refractivity (Wildman–Crippen MR) is 59.5 cm³/mol. The fraction of sp³-hybridized carbons (Fsp3) is 0.417. The summed E-state index contributed by atoms with van der Waals surface area (Å²) in [6, 6.07) is 7.94. The molecule has 0 atom stereocenters. The van der Waals surface area contributed by atoms with Crippen molar-refractivity contribution in [1.82, 2.24) is 0 Å². The molecule has 1 aromatic carbocycles. The van der Waals surface area contributed by atoms with Crippen molar-refractivity contribution in [2.45, 2.75) is 33.1 Å². The van der Waals surface area contributed by atoms with Crippen molar-refractivity contribution in [3.8, 4) is 0 Å². The SMILES string of the molecule is CCC(=O)Nc1ccccc1C(C)C. The molecular weight excluding hydrogens is 174 g/mol. The summed E-state index contributed by atoms with van der Waals surface area (Å²) in [5.74, 6) is 0.501. The van der Waals surface area contributed by atoms with Gasteiger partial charge >= 0.3 is 0 Å². The number of hydrogen-bond acceptors (Lipinski definition) is 1. The van der Waals surface area contributed by atoms with Gasteiger partial charge in [-0.15, -0.1) is 0 Å². The molecule has 0 unspecified atom stereocenters. The Hall–Kier alpha value is -1.31. The van der Waals surface area contributed by atoms with Crippen LogP contribution in [0.4, 0.5) is 5.69 Å². The van der Waals surface area contributed by atoms with E-state index in [1.807, 2.05) is 25.1 Å². The second kappa shape index (κ2) is 4.80. The lowest BCUT2D eigenvalue weighted by Crippen LogP contribution is -2.11. The zero-order valence-electron chi connectivity index (χ0n) is 9.00. The van der Waals surface area contributed by atoms with Crippen LogP contribution in [0.15, 0.2) is 24.3 Å². The van der Waals surface area contributed by atoms with Crippen LogP contribution in [-0.2, 0) is 4.79 Å². The highest BCUT2D eigenvalue weighted by atomic mass is 16.1. The number of carbonyl (C=O) groups excluding carboxylic acids is 1. The van der Waals surface area contributed by atoms with Gasteiger partial charge < -0.3 is 5.32 Å². The fourth-order valence-corrected chi connectivity index (χ4v) is 1.35. The molecule has 2 heteroatoms. The van der Waals surface area contributed by atoms with Crippen LogP contribution in [-0.4, -0.2) is 5.91 Å². The molecule has 1 rings (SSSR count). The van der Waals surface area contributed by atoms with Gasteiger partial charge in [0.05, 0.1) is 0 Å². The summed E-state index contributed by atoms with van der Waals surface area (Å²) < 4.78 is 0. The Kier molecular flexibility index (Phi) is 3.69. The topological polar surface area (TPSA) is 29.1 Å². The summed E-state index contributed by atoms with van der Waals surface area (Å²) in [4.78, 5) is 11.2. The monoisotopic (exact) mass is 191 g/mol. The minimum Gasteiger partial charge on any atom is -0.326 e. The lowest BCUT2D eigenvalue weighted by Gasteiger charge is -2.12. The molecule has 0 aliphatic rings. The third-order valence-electron chi connectivity index (χ3n) is 2.18. The van der Waals surface area contributed by atoms with E-state index in [4.69, 9.17) is 0 Å². The number of anilines is 1. The van der Waals surface area contributed by atoms with Crippen molar-refractivity contribution < 1.29 is 4.79 Å². The van der Waals surface area contributed by atoms with Gasteiger partial charge in [-0.25, -0.2) is 0 Å². The first-order valence-electron chi connectivity index (χ1n) is 5.04. The van der Waals surface area contributed by atoms with Gasteiger partial charge in [-0.05, 0) is 17.5 Å². The normalized spacial score (nSPS) is 10.3. The zero-order chi connectivity index (χ0) is 10.6. The largest absolute Gasteiger partial charge is 0.326 e. The van der Waals surface area contributed by atoms with E-state index in [1.54, 1.807) is 0 Å². The van der Waals surface area contributed by atoms with Crippen LogP contribution in [0.5, 0.6) is 0 Å². The second-order valence-electron chi connectivity index (χ2n) is 3.64. The van der Waals surface area contributed by atoms with E-state index < -0.39 is 0 Å². The van der Waals surface area contributed by atoms with Crippen LogP contribution in [0.3, 0.4) is 0 Å². The van der Waals surface area contributed by atoms with Gasteiger partial charge in [-0.3, -0.25) is 4.79 Å². The van der Waals surface area contributed by atoms with E-state index in [9.17, 15) is 4.79 Å². The Balaban J connectivity index is 2.90. The third-order valence-corrected chi connectivity index (χ3v) is 2.18. The van der Waals surface area contributed by atoms with Crippen LogP contribution in [0.2, 0.25) is 0 Å². The first-order chi connectivity index (χ1) is 6.65. The van der Waals surface area contributed by atoms with Crippen molar-refractivity contribution in [1.29, 1.82) is 0 Å². The van der Waals surface area contributed by atoms with E-state index in [0.29, 0.717) is 12.3 Å². The smallest absolute Gasteiger partial charge is 0.224 e. The van der Waals surface area contributed by atoms with E-state index >= 15 is 0 Å². The van der Waals surface area contributed by atoms with Crippen LogP contribution < -0.4 is 5.32 Å². The number of hydrogen-bond donors (Lipinski definition) is 1. The fourth-order valence-electron chi connectivity index (χ4n) is 1.35. The Morgan fingerprint density at radius 3 is 2.57 bits per heavy atom. The van der Waals surface area contributed by atoms with Crippen LogP contribution >= 0.6 is 0 Å². The Labute approximate surface area is 85.3 Å². The van der Waals surface area contributed by atoms with Gasteiger partial charge in [0.15, 0.2) is 0 Å². The standard InChI is InChI=1S/C12H17NO/c1-4-12(14)13-11-8-6-5-7-10(11)9(2)3/h5-9H,4H2,1-3H3,(H,13,14). The van der Waals surface area contributed by atoms with Gasteiger partial charge in [-0.2, -0.15) is 0 Å². The van der Waals surface area contributed by atoms with E-state index in [-0.39, 0.29) is 5.91 Å². The first-order valence-corrected chi connectivity index (χ1v) is 5.04. The predicted octanol–water partition coefficient (Wildman–Crippen LogP) is 3.16. The van der Waals surface area contributed by atoms with Crippen LogP contribution in [0.25, 0.3) is 0 Å². The molecule has 14 heavy (non-hydrogen) atoms. The molecule has 2 nitrogen and oxygen atoms in total. The van der Waals surface area contributed by atoms with Gasteiger partial charge in [0.2, 0.25) is 5.91 Å². The highest BCUT2D eigenvalue weighted by Crippen LogP contribution is 2.23. The summed E-state index contributed by atoms with van der Waals surface area (Å²) in [7, 11) is 0. The molecule has 0 bridgehead atoms. The van der Waals surface area contributed by atoms with Gasteiger partial charge in [0.25, 0.3) is 0 Å². The van der Waals surface area contributed by atoms with Crippen molar-refractivity contribution in [2.24, 2.45) is 0 Å². The quantitative estimate of drug-likeness (QED) is 0.781. The number of benzene rings is 1. The molecule has 0 aliphatic heterocycles. The lowest BCUT2D eigenvalue weighted by molar-refractivity contribution is -0.115. The van der Waals surface area contributed by atoms with Gasteiger partial charge in [-0.1, -0.05) is 39.0 Å². The summed E-state index contributed by atoms with van der Waals surface area (Å²) in [5, 5.41) is 2.90. The lowest BCUT2D eigenvalue weighted by atomic mass is 10.0. The molecule has 0 spiro atoms. The Morgan fingerprint density at radius 1 is 1.36 bits per heavy atom. The van der Waals surface area contributed by atoms with E-state index in [0.717, 1.165) is 5.69 Å². The summed E-state index contributed by atoms with van der Waals surface area (Å²) in [5.41, 5.74) is 2.13. The third kappa shape index (κ3) is 2.59. The average Bonchev–Trinajstić information content (AvgIpc) is 2.18. The molecule has 0 saturated carbocycles. The molecule has 1 aromatic rings. The number of amides is 1. The van der Waals surface area contributed by atoms with Gasteiger partial charge in [0.1, 0.15) is 0 Å². The number of rotatable bonds is 3. The van der Waals surface area contributed by atoms with Crippen molar-refractivity contribution >= 4 is 11.6 Å². The Morgan fingerprint density at radius 2 is 2.00 bits per heavy atom. The molecule has 0 aliphatic carbocycles. The molecule has 0 saturated heterocycles. The maximum absolute atomic E-state index is 11.2. The highest BCUT2D eigenvalue weighted by molar-refractivity contribution is 5.91. The molecule has 76 valence electrons. The van der Waals surface area contributed by atoms with E-state index in [1.165, 1.54) is 5.56 Å². The molecule has 1 amide bonds. The average molecular weight is 191 g/mol. The van der Waals surface area contributed by atoms with Crippen molar-refractivity contribution in [2.75, 3.05) is 5.32 Å². The molecule has 0 aromatic heterocycles. The molecular formula is C12H17NO. The first kappa shape index (κ1) is 10.8. The minimum atomic E-state index is 0.0677. The van der Waals surface area contributed by atoms with Crippen LogP contribution in [0.1, 0.15) is 38.7 Å². The van der Waals surface area contributed by atoms with E-state index in [2.05, 4.69) is 25.2 Å². The maximum Gasteiger partial charge on any atom is 0.224 e. The van der Waals surface area contributed by atoms with Crippen LogP contribution in [0, 0.1) is 0 Å². The van der Waals surface area contributed by atoms with Gasteiger partial charge in [0, 0.05) is 12.1 Å². The Bertz CT molecular complexity index is 318. The molecule has 0 fully saturated rings. The van der Waals surface area contributed by atoms with Crippen molar-refractivity contribution in [3.63, 3.8) is 0 Å². The summed E-state index contributed by atoms with van der Waals surface area (Å²) in [6.07, 6.45) is 0.520. The van der Waals surface area contributed by atoms with Crippen molar-refractivity contribution in [3.05, 3.63) is 29.8 Å². The number of nitrogens with one attached hydrogen (secondary N) is 1. The molecule has 0 radical (unpaired) electrons. The number of carbonyl (C=O) groups is 1. The minimum absolute atomic E-state index is 0.0677. The molecule has 0 heterocycles. The second-order valence-corrected chi connectivity index (χ2v) is 3.64. The number of para-hydroxylation sites is 1. The summed E-state index contributed by atoms with van der Waals surface area (Å²) >= 11 is 0. The summed E-state index contributed by atoms with van der Waals surface area (Å²) in [6.45, 7) is 6.10. The zero-order valence-corrected chi connectivity index (χ0v) is 9.00. The highest BCUT2D eigenvalue weighted by Gasteiger charge is 2.07. The maximum atomic E-state index is 11.2.